The van der Waals surface area contributed by atoms with E-state index in [-0.39, 0.29) is 25.5 Å². The summed E-state index contributed by atoms with van der Waals surface area (Å²) >= 11 is 0. The molecule has 0 bridgehead atoms. The van der Waals surface area contributed by atoms with Gasteiger partial charge in [-0.25, -0.2) is 0 Å². The van der Waals surface area contributed by atoms with Crippen molar-refractivity contribution in [3.8, 4) is 11.5 Å². The molecular formula is C23H23NO5. The fourth-order valence-corrected chi connectivity index (χ4v) is 2.85. The molecule has 1 N–H and O–H groups in total. The molecule has 0 unspecified atom stereocenters. The van der Waals surface area contributed by atoms with Gasteiger partial charge in [-0.2, -0.15) is 0 Å². The second-order valence-electron chi connectivity index (χ2n) is 6.37. The van der Waals surface area contributed by atoms with E-state index in [1.54, 1.807) is 19.2 Å². The highest BCUT2D eigenvalue weighted by Gasteiger charge is 2.09. The smallest absolute Gasteiger partial charge is 0.310 e. The molecule has 150 valence electrons. The Morgan fingerprint density at radius 3 is 2.41 bits per heavy atom. The minimum Gasteiger partial charge on any atom is -0.493 e. The third-order valence-electron chi connectivity index (χ3n) is 4.28. The zero-order chi connectivity index (χ0) is 20.5. The molecule has 0 saturated heterocycles. The van der Waals surface area contributed by atoms with Crippen molar-refractivity contribution >= 4 is 22.6 Å². The number of carbonyl (C=O) groups excluding carboxylic acids is 2. The molecule has 1 amide bonds. The van der Waals surface area contributed by atoms with Gasteiger partial charge in [0.2, 0.25) is 0 Å². The fourth-order valence-electron chi connectivity index (χ4n) is 2.85. The van der Waals surface area contributed by atoms with Gasteiger partial charge in [0.15, 0.2) is 18.1 Å². The van der Waals surface area contributed by atoms with E-state index in [1.807, 2.05) is 54.6 Å². The highest BCUT2D eigenvalue weighted by Crippen LogP contribution is 2.25. The lowest BCUT2D eigenvalue weighted by molar-refractivity contribution is -0.147. The van der Waals surface area contributed by atoms with E-state index in [0.717, 1.165) is 16.3 Å². The van der Waals surface area contributed by atoms with E-state index in [4.69, 9.17) is 14.2 Å². The number of ether oxygens (including phenoxy) is 3. The van der Waals surface area contributed by atoms with Crippen molar-refractivity contribution in [3.05, 3.63) is 72.3 Å². The molecule has 0 aliphatic carbocycles. The van der Waals surface area contributed by atoms with Gasteiger partial charge < -0.3 is 19.5 Å². The maximum Gasteiger partial charge on any atom is 0.310 e. The SMILES string of the molecule is COc1ccccc1OCCNC(=O)COC(=O)Cc1ccc2ccccc2c1. The summed E-state index contributed by atoms with van der Waals surface area (Å²) < 4.78 is 15.8. The number of hydrogen-bond donors (Lipinski definition) is 1. The van der Waals surface area contributed by atoms with Crippen molar-refractivity contribution in [2.45, 2.75) is 6.42 Å². The molecule has 3 aromatic carbocycles. The molecular weight excluding hydrogens is 370 g/mol. The molecule has 3 rings (SSSR count). The van der Waals surface area contributed by atoms with Crippen LogP contribution in [0.15, 0.2) is 66.7 Å². The number of rotatable bonds is 9. The van der Waals surface area contributed by atoms with Gasteiger partial charge in [0.05, 0.1) is 20.1 Å². The second kappa shape index (κ2) is 10.1. The number of methoxy groups -OCH3 is 1. The van der Waals surface area contributed by atoms with Gasteiger partial charge in [-0.3, -0.25) is 9.59 Å². The molecule has 0 aliphatic heterocycles. The predicted molar refractivity (Wildman–Crippen MR) is 110 cm³/mol. The van der Waals surface area contributed by atoms with Gasteiger partial charge in [0, 0.05) is 0 Å². The van der Waals surface area contributed by atoms with E-state index in [9.17, 15) is 9.59 Å². The molecule has 0 aliphatic rings. The Kier molecular flexibility index (Phi) is 7.05. The highest BCUT2D eigenvalue weighted by molar-refractivity contribution is 5.85. The fraction of sp³-hybridized carbons (Fsp3) is 0.217. The number of esters is 1. The third-order valence-corrected chi connectivity index (χ3v) is 4.28. The van der Waals surface area contributed by atoms with Crippen LogP contribution >= 0.6 is 0 Å². The van der Waals surface area contributed by atoms with Gasteiger partial charge >= 0.3 is 5.97 Å². The number of hydrogen-bond acceptors (Lipinski definition) is 5. The highest BCUT2D eigenvalue weighted by atomic mass is 16.5. The first kappa shape index (κ1) is 20.2. The van der Waals surface area contributed by atoms with Crippen molar-refractivity contribution in [2.75, 3.05) is 26.9 Å². The van der Waals surface area contributed by atoms with Crippen LogP contribution in [0.5, 0.6) is 11.5 Å². The van der Waals surface area contributed by atoms with Crippen molar-refractivity contribution in [3.63, 3.8) is 0 Å². The normalized spacial score (nSPS) is 10.4. The van der Waals surface area contributed by atoms with Gasteiger partial charge in [0.1, 0.15) is 6.61 Å². The van der Waals surface area contributed by atoms with E-state index >= 15 is 0 Å². The van der Waals surface area contributed by atoms with Gasteiger partial charge in [-0.05, 0) is 28.5 Å². The minimum atomic E-state index is -0.444. The van der Waals surface area contributed by atoms with Crippen molar-refractivity contribution in [1.82, 2.24) is 5.32 Å². The Morgan fingerprint density at radius 2 is 1.62 bits per heavy atom. The number of amides is 1. The number of para-hydroxylation sites is 2. The van der Waals surface area contributed by atoms with Crippen LogP contribution in [0.3, 0.4) is 0 Å². The molecule has 0 fully saturated rings. The van der Waals surface area contributed by atoms with E-state index < -0.39 is 5.97 Å². The lowest BCUT2D eigenvalue weighted by Gasteiger charge is -2.11. The molecule has 6 heteroatoms. The number of fused-ring (bicyclic) bond motifs is 1. The summed E-state index contributed by atoms with van der Waals surface area (Å²) in [5, 5.41) is 4.82. The first-order valence-corrected chi connectivity index (χ1v) is 9.31. The van der Waals surface area contributed by atoms with Gasteiger partial charge in [-0.15, -0.1) is 0 Å². The molecule has 0 atom stereocenters. The summed E-state index contributed by atoms with van der Waals surface area (Å²) in [6, 6.07) is 21.0. The summed E-state index contributed by atoms with van der Waals surface area (Å²) in [5.41, 5.74) is 0.847. The molecule has 0 radical (unpaired) electrons. The van der Waals surface area contributed by atoms with Gasteiger partial charge in [0.25, 0.3) is 5.91 Å². The quantitative estimate of drug-likeness (QED) is 0.447. The first-order valence-electron chi connectivity index (χ1n) is 9.31. The Hall–Kier alpha value is -3.54. The average Bonchev–Trinajstić information content (AvgIpc) is 2.75. The summed E-state index contributed by atoms with van der Waals surface area (Å²) in [6.45, 7) is 0.247. The Bertz CT molecular complexity index is 986. The van der Waals surface area contributed by atoms with E-state index in [1.165, 1.54) is 0 Å². The lowest BCUT2D eigenvalue weighted by atomic mass is 10.1. The third kappa shape index (κ3) is 5.97. The predicted octanol–water partition coefficient (Wildman–Crippen LogP) is 3.13. The number of carbonyl (C=O) groups is 2. The summed E-state index contributed by atoms with van der Waals surface area (Å²) in [5.74, 6) is 0.411. The van der Waals surface area contributed by atoms with Crippen LogP contribution < -0.4 is 14.8 Å². The molecule has 6 nitrogen and oxygen atoms in total. The zero-order valence-corrected chi connectivity index (χ0v) is 16.2. The van der Waals surface area contributed by atoms with E-state index in [2.05, 4.69) is 5.32 Å². The second-order valence-corrected chi connectivity index (χ2v) is 6.37. The minimum absolute atomic E-state index is 0.120. The van der Waals surface area contributed by atoms with Crippen LogP contribution in [0.1, 0.15) is 5.56 Å². The molecule has 0 spiro atoms. The van der Waals surface area contributed by atoms with E-state index in [0.29, 0.717) is 18.0 Å². The van der Waals surface area contributed by atoms with Crippen LogP contribution in [-0.2, 0) is 20.7 Å². The number of benzene rings is 3. The van der Waals surface area contributed by atoms with Crippen molar-refractivity contribution in [2.24, 2.45) is 0 Å². The van der Waals surface area contributed by atoms with Crippen molar-refractivity contribution < 1.29 is 23.8 Å². The lowest BCUT2D eigenvalue weighted by Crippen LogP contribution is -2.32. The largest absolute Gasteiger partial charge is 0.493 e. The topological polar surface area (TPSA) is 73.9 Å². The molecule has 0 heterocycles. The van der Waals surface area contributed by atoms with Crippen LogP contribution in [0.2, 0.25) is 0 Å². The maximum absolute atomic E-state index is 12.0. The zero-order valence-electron chi connectivity index (χ0n) is 16.2. The monoisotopic (exact) mass is 393 g/mol. The van der Waals surface area contributed by atoms with Crippen molar-refractivity contribution in [1.29, 1.82) is 0 Å². The molecule has 29 heavy (non-hydrogen) atoms. The van der Waals surface area contributed by atoms with Crippen LogP contribution in [-0.4, -0.2) is 38.7 Å². The summed E-state index contributed by atoms with van der Waals surface area (Å²) in [4.78, 5) is 23.8. The summed E-state index contributed by atoms with van der Waals surface area (Å²) in [7, 11) is 1.57. The Balaban J connectivity index is 1.36. The molecule has 0 aromatic heterocycles. The Labute approximate surface area is 169 Å². The number of nitrogens with one attached hydrogen (secondary N) is 1. The Morgan fingerprint density at radius 1 is 0.897 bits per heavy atom. The average molecular weight is 393 g/mol. The molecule has 0 saturated carbocycles. The van der Waals surface area contributed by atoms with Crippen LogP contribution in [0.4, 0.5) is 0 Å². The first-order chi connectivity index (χ1) is 14.2. The van der Waals surface area contributed by atoms with Crippen LogP contribution in [0, 0.1) is 0 Å². The summed E-state index contributed by atoms with van der Waals surface area (Å²) in [6.07, 6.45) is 0.120. The maximum atomic E-state index is 12.0. The molecule has 3 aromatic rings. The standard InChI is InChI=1S/C23H23NO5/c1-27-20-8-4-5-9-21(20)28-13-12-24-22(25)16-29-23(26)15-17-10-11-18-6-2-3-7-19(18)14-17/h2-11,14H,12-13,15-16H2,1H3,(H,24,25). The van der Waals surface area contributed by atoms with Crippen LogP contribution in [0.25, 0.3) is 10.8 Å². The van der Waals surface area contributed by atoms with Gasteiger partial charge in [-0.1, -0.05) is 54.6 Å².